The first-order valence-electron chi connectivity index (χ1n) is 8.85. The fourth-order valence-corrected chi connectivity index (χ4v) is 3.14. The molecule has 0 spiro atoms. The fraction of sp³-hybridized carbons (Fsp3) is 0.579. The molecule has 0 aromatic heterocycles. The summed E-state index contributed by atoms with van der Waals surface area (Å²) < 4.78 is 4.95. The summed E-state index contributed by atoms with van der Waals surface area (Å²) in [5.74, 6) is -0.0388. The van der Waals surface area contributed by atoms with Crippen LogP contribution in [0, 0.1) is 0 Å². The van der Waals surface area contributed by atoms with Gasteiger partial charge in [-0.15, -0.1) is 0 Å². The van der Waals surface area contributed by atoms with Crippen LogP contribution >= 0.6 is 0 Å². The molecule has 1 heterocycles. The van der Waals surface area contributed by atoms with E-state index in [1.54, 1.807) is 31.4 Å². The van der Waals surface area contributed by atoms with Gasteiger partial charge in [-0.05, 0) is 56.4 Å². The molecule has 1 aliphatic rings. The van der Waals surface area contributed by atoms with Gasteiger partial charge in [0.25, 0.3) is 11.8 Å². The molecule has 1 aromatic carbocycles. The zero-order valence-electron chi connectivity index (χ0n) is 14.7. The maximum Gasteiger partial charge on any atom is 0.254 e. The lowest BCUT2D eigenvalue weighted by atomic mass is 9.98. The number of piperidine rings is 1. The second-order valence-corrected chi connectivity index (χ2v) is 6.24. The first-order valence-corrected chi connectivity index (χ1v) is 8.85. The summed E-state index contributed by atoms with van der Waals surface area (Å²) in [4.78, 5) is 26.7. The Kier molecular flexibility index (Phi) is 7.25. The van der Waals surface area contributed by atoms with Crippen molar-refractivity contribution in [2.24, 2.45) is 0 Å². The lowest BCUT2D eigenvalue weighted by molar-refractivity contribution is 0.0607. The molecule has 2 rings (SSSR count). The minimum absolute atomic E-state index is 0.0774. The second-order valence-electron chi connectivity index (χ2n) is 6.24. The van der Waals surface area contributed by atoms with Gasteiger partial charge in [-0.3, -0.25) is 9.59 Å². The number of hydrogen-bond acceptors (Lipinski definition) is 3. The topological polar surface area (TPSA) is 58.6 Å². The maximum absolute atomic E-state index is 12.7. The molecule has 5 nitrogen and oxygen atoms in total. The van der Waals surface area contributed by atoms with Crippen LogP contribution in [0.3, 0.4) is 0 Å². The predicted molar refractivity (Wildman–Crippen MR) is 94.2 cm³/mol. The average Bonchev–Trinajstić information content (AvgIpc) is 2.64. The van der Waals surface area contributed by atoms with Gasteiger partial charge in [0.1, 0.15) is 0 Å². The van der Waals surface area contributed by atoms with Crippen molar-refractivity contribution in [2.45, 2.75) is 45.1 Å². The summed E-state index contributed by atoms with van der Waals surface area (Å²) in [5.41, 5.74) is 1.24. The van der Waals surface area contributed by atoms with E-state index in [1.165, 1.54) is 6.42 Å². The third kappa shape index (κ3) is 4.81. The van der Waals surface area contributed by atoms with Gasteiger partial charge in [0.15, 0.2) is 0 Å². The van der Waals surface area contributed by atoms with Crippen molar-refractivity contribution in [3.8, 4) is 0 Å². The molecule has 5 heteroatoms. The summed E-state index contributed by atoms with van der Waals surface area (Å²) in [6, 6.07) is 7.31. The van der Waals surface area contributed by atoms with Gasteiger partial charge < -0.3 is 15.0 Å². The van der Waals surface area contributed by atoms with Crippen LogP contribution in [-0.2, 0) is 4.74 Å². The molecule has 1 unspecified atom stereocenters. The summed E-state index contributed by atoms with van der Waals surface area (Å²) in [5, 5.41) is 2.85. The number of ether oxygens (including phenoxy) is 1. The number of rotatable bonds is 7. The standard InChI is InChI=1S/C19H28N2O3/c1-3-17-7-4-5-13-21(17)19(23)16-10-8-15(9-11-16)18(22)20-12-6-14-24-2/h8-11,17H,3-7,12-14H2,1-2H3,(H,20,22). The van der Waals surface area contributed by atoms with Crippen LogP contribution in [0.4, 0.5) is 0 Å². The Morgan fingerprint density at radius 2 is 1.92 bits per heavy atom. The van der Waals surface area contributed by atoms with Crippen LogP contribution in [0.2, 0.25) is 0 Å². The third-order valence-corrected chi connectivity index (χ3v) is 4.56. The molecule has 0 saturated carbocycles. The quantitative estimate of drug-likeness (QED) is 0.781. The molecule has 0 aliphatic carbocycles. The Labute approximate surface area is 144 Å². The molecule has 1 aromatic rings. The normalized spacial score (nSPS) is 17.6. The van der Waals surface area contributed by atoms with E-state index in [0.29, 0.717) is 30.3 Å². The van der Waals surface area contributed by atoms with Crippen molar-refractivity contribution in [3.05, 3.63) is 35.4 Å². The molecule has 132 valence electrons. The summed E-state index contributed by atoms with van der Waals surface area (Å²) in [7, 11) is 1.64. The summed E-state index contributed by atoms with van der Waals surface area (Å²) in [6.45, 7) is 4.17. The van der Waals surface area contributed by atoms with Crippen LogP contribution in [0.25, 0.3) is 0 Å². The van der Waals surface area contributed by atoms with E-state index < -0.39 is 0 Å². The van der Waals surface area contributed by atoms with Gasteiger partial charge in [0, 0.05) is 44.0 Å². The van der Waals surface area contributed by atoms with Crippen LogP contribution in [0.15, 0.2) is 24.3 Å². The third-order valence-electron chi connectivity index (χ3n) is 4.56. The monoisotopic (exact) mass is 332 g/mol. The lowest BCUT2D eigenvalue weighted by Gasteiger charge is -2.35. The number of hydrogen-bond donors (Lipinski definition) is 1. The van der Waals surface area contributed by atoms with Crippen LogP contribution in [-0.4, -0.2) is 49.6 Å². The molecule has 1 saturated heterocycles. The highest BCUT2D eigenvalue weighted by Gasteiger charge is 2.26. The van der Waals surface area contributed by atoms with Gasteiger partial charge in [-0.25, -0.2) is 0 Å². The van der Waals surface area contributed by atoms with Crippen molar-refractivity contribution < 1.29 is 14.3 Å². The van der Waals surface area contributed by atoms with E-state index in [2.05, 4.69) is 12.2 Å². The highest BCUT2D eigenvalue weighted by atomic mass is 16.5. The van der Waals surface area contributed by atoms with E-state index in [-0.39, 0.29) is 11.8 Å². The van der Waals surface area contributed by atoms with E-state index >= 15 is 0 Å². The zero-order valence-corrected chi connectivity index (χ0v) is 14.7. The largest absolute Gasteiger partial charge is 0.385 e. The van der Waals surface area contributed by atoms with Gasteiger partial charge in [0.2, 0.25) is 0 Å². The van der Waals surface area contributed by atoms with Crippen molar-refractivity contribution in [3.63, 3.8) is 0 Å². The van der Waals surface area contributed by atoms with E-state index in [0.717, 1.165) is 32.2 Å². The molecular weight excluding hydrogens is 304 g/mol. The summed E-state index contributed by atoms with van der Waals surface area (Å²) >= 11 is 0. The zero-order chi connectivity index (χ0) is 17.4. The number of nitrogens with zero attached hydrogens (tertiary/aromatic N) is 1. The smallest absolute Gasteiger partial charge is 0.254 e. The van der Waals surface area contributed by atoms with Crippen molar-refractivity contribution in [1.29, 1.82) is 0 Å². The van der Waals surface area contributed by atoms with E-state index in [4.69, 9.17) is 4.74 Å². The Morgan fingerprint density at radius 1 is 1.21 bits per heavy atom. The molecule has 1 aliphatic heterocycles. The number of carbonyl (C=O) groups excluding carboxylic acids is 2. The maximum atomic E-state index is 12.7. The Morgan fingerprint density at radius 3 is 2.58 bits per heavy atom. The van der Waals surface area contributed by atoms with Crippen LogP contribution < -0.4 is 5.32 Å². The number of likely N-dealkylation sites (tertiary alicyclic amines) is 1. The van der Waals surface area contributed by atoms with Crippen LogP contribution in [0.5, 0.6) is 0 Å². The molecular formula is C19H28N2O3. The Hall–Kier alpha value is -1.88. The van der Waals surface area contributed by atoms with Crippen molar-refractivity contribution >= 4 is 11.8 Å². The van der Waals surface area contributed by atoms with Gasteiger partial charge >= 0.3 is 0 Å². The molecule has 24 heavy (non-hydrogen) atoms. The Bertz CT molecular complexity index is 542. The van der Waals surface area contributed by atoms with Crippen LogP contribution in [0.1, 0.15) is 59.7 Å². The lowest BCUT2D eigenvalue weighted by Crippen LogP contribution is -2.43. The number of benzene rings is 1. The molecule has 0 radical (unpaired) electrons. The summed E-state index contributed by atoms with van der Waals surface area (Å²) in [6.07, 6.45) is 5.14. The van der Waals surface area contributed by atoms with Gasteiger partial charge in [-0.1, -0.05) is 6.92 Å². The predicted octanol–water partition coefficient (Wildman–Crippen LogP) is 2.86. The second kappa shape index (κ2) is 9.42. The Balaban J connectivity index is 1.95. The molecule has 1 N–H and O–H groups in total. The van der Waals surface area contributed by atoms with E-state index in [9.17, 15) is 9.59 Å². The SMILES string of the molecule is CCC1CCCCN1C(=O)c1ccc(C(=O)NCCCOC)cc1. The first-order chi connectivity index (χ1) is 11.7. The molecule has 2 amide bonds. The average molecular weight is 332 g/mol. The van der Waals surface area contributed by atoms with Crippen molar-refractivity contribution in [1.82, 2.24) is 10.2 Å². The molecule has 0 bridgehead atoms. The van der Waals surface area contributed by atoms with Crippen molar-refractivity contribution in [2.75, 3.05) is 26.8 Å². The van der Waals surface area contributed by atoms with E-state index in [1.807, 2.05) is 4.90 Å². The first kappa shape index (κ1) is 18.5. The highest BCUT2D eigenvalue weighted by molar-refractivity contribution is 5.98. The van der Waals surface area contributed by atoms with Gasteiger partial charge in [0.05, 0.1) is 0 Å². The minimum atomic E-state index is -0.116. The fourth-order valence-electron chi connectivity index (χ4n) is 3.14. The number of carbonyl (C=O) groups is 2. The highest BCUT2D eigenvalue weighted by Crippen LogP contribution is 2.22. The molecule has 1 atom stereocenters. The number of nitrogens with one attached hydrogen (secondary N) is 1. The van der Waals surface area contributed by atoms with Gasteiger partial charge in [-0.2, -0.15) is 0 Å². The molecule has 1 fully saturated rings. The number of amides is 2. The minimum Gasteiger partial charge on any atom is -0.385 e. The number of methoxy groups -OCH3 is 1.